The van der Waals surface area contributed by atoms with Gasteiger partial charge in [-0.25, -0.2) is 0 Å². The third-order valence-electron chi connectivity index (χ3n) is 4.61. The fourth-order valence-electron chi connectivity index (χ4n) is 2.81. The Morgan fingerprint density at radius 3 is 2.13 bits per heavy atom. The summed E-state index contributed by atoms with van der Waals surface area (Å²) >= 11 is 0. The van der Waals surface area contributed by atoms with E-state index in [-0.39, 0.29) is 24.2 Å². The van der Waals surface area contributed by atoms with Crippen LogP contribution in [-0.2, 0) is 23.1 Å². The van der Waals surface area contributed by atoms with E-state index in [1.807, 2.05) is 6.92 Å². The minimum atomic E-state index is -5.23. The van der Waals surface area contributed by atoms with Crippen LogP contribution in [0, 0.1) is 0 Å². The summed E-state index contributed by atoms with van der Waals surface area (Å²) in [6.45, 7) is 1.02. The molecule has 0 fully saturated rings. The lowest BCUT2D eigenvalue weighted by Gasteiger charge is -2.32. The smallest absolute Gasteiger partial charge is 0.381 e. The lowest BCUT2D eigenvalue weighted by Crippen LogP contribution is -2.47. The largest absolute Gasteiger partial charge is 0.423 e. The molecule has 0 heterocycles. The van der Waals surface area contributed by atoms with Crippen LogP contribution in [0.1, 0.15) is 36.5 Å². The van der Waals surface area contributed by atoms with E-state index in [1.165, 1.54) is 12.1 Å². The predicted molar refractivity (Wildman–Crippen MR) is 103 cm³/mol. The summed E-state index contributed by atoms with van der Waals surface area (Å²) in [7, 11) is 0. The van der Waals surface area contributed by atoms with Gasteiger partial charge < -0.3 is 15.7 Å². The molecule has 0 aliphatic carbocycles. The van der Waals surface area contributed by atoms with Crippen LogP contribution in [-0.4, -0.2) is 23.7 Å². The van der Waals surface area contributed by atoms with Gasteiger partial charge in [0, 0.05) is 18.7 Å². The van der Waals surface area contributed by atoms with E-state index in [1.54, 1.807) is 12.1 Å². The molecular formula is C21H22F6N2O2. The highest BCUT2D eigenvalue weighted by Gasteiger charge is 2.55. The topological polar surface area (TPSA) is 61.4 Å². The molecule has 0 saturated carbocycles. The number of benzene rings is 2. The van der Waals surface area contributed by atoms with Crippen molar-refractivity contribution in [1.82, 2.24) is 5.32 Å². The molecule has 2 aromatic rings. The van der Waals surface area contributed by atoms with Gasteiger partial charge >= 0.3 is 12.4 Å². The molecule has 3 N–H and O–H groups in total. The molecule has 31 heavy (non-hydrogen) atoms. The van der Waals surface area contributed by atoms with Gasteiger partial charge in [0.1, 0.15) is 0 Å². The standard InChI is InChI=1S/C21H22F6N2O2/c1-2-4-18(30)28-12-14-7-9-17(10-8-14)29-13-19(31,21(25,26)27)15-5-3-6-16(11-15)20(22,23)24/h3,5-11,29,31H,2,4,12-13H2,1H3,(H,28,30)/t19-/m0/s1. The van der Waals surface area contributed by atoms with Crippen LogP contribution in [0.15, 0.2) is 48.5 Å². The van der Waals surface area contributed by atoms with Crippen molar-refractivity contribution < 1.29 is 36.2 Å². The van der Waals surface area contributed by atoms with Gasteiger partial charge in [0.2, 0.25) is 11.5 Å². The van der Waals surface area contributed by atoms with Gasteiger partial charge in [0.15, 0.2) is 0 Å². The molecular weight excluding hydrogens is 426 g/mol. The van der Waals surface area contributed by atoms with Gasteiger partial charge in [0.25, 0.3) is 0 Å². The summed E-state index contributed by atoms with van der Waals surface area (Å²) in [5.41, 5.74) is -4.82. The van der Waals surface area contributed by atoms with Crippen molar-refractivity contribution >= 4 is 11.6 Å². The second-order valence-corrected chi connectivity index (χ2v) is 7.01. The highest BCUT2D eigenvalue weighted by Crippen LogP contribution is 2.41. The van der Waals surface area contributed by atoms with Crippen LogP contribution in [0.3, 0.4) is 0 Å². The summed E-state index contributed by atoms with van der Waals surface area (Å²) in [4.78, 5) is 11.5. The normalized spacial score (nSPS) is 14.1. The predicted octanol–water partition coefficient (Wildman–Crippen LogP) is 4.98. The fourth-order valence-corrected chi connectivity index (χ4v) is 2.81. The summed E-state index contributed by atoms with van der Waals surface area (Å²) < 4.78 is 79.5. The number of carbonyl (C=O) groups excluding carboxylic acids is 1. The highest BCUT2D eigenvalue weighted by molar-refractivity contribution is 5.75. The maximum absolute atomic E-state index is 13.6. The van der Waals surface area contributed by atoms with Crippen LogP contribution in [0.25, 0.3) is 0 Å². The maximum Gasteiger partial charge on any atom is 0.423 e. The Morgan fingerprint density at radius 2 is 1.58 bits per heavy atom. The number of hydrogen-bond acceptors (Lipinski definition) is 3. The SMILES string of the molecule is CCCC(=O)NCc1ccc(NC[C@](O)(c2cccc(C(F)(F)F)c2)C(F)(F)F)cc1. The molecule has 2 aromatic carbocycles. The number of rotatable bonds is 8. The molecule has 0 aliphatic rings. The molecule has 170 valence electrons. The molecule has 10 heteroatoms. The summed E-state index contributed by atoms with van der Waals surface area (Å²) in [5.74, 6) is -0.124. The molecule has 4 nitrogen and oxygen atoms in total. The van der Waals surface area contributed by atoms with Crippen LogP contribution in [0.2, 0.25) is 0 Å². The molecule has 0 radical (unpaired) electrons. The van der Waals surface area contributed by atoms with Gasteiger partial charge in [0.05, 0.1) is 12.1 Å². The zero-order chi connectivity index (χ0) is 23.3. The Labute approximate surface area is 175 Å². The number of hydrogen-bond donors (Lipinski definition) is 3. The van der Waals surface area contributed by atoms with E-state index >= 15 is 0 Å². The number of anilines is 1. The molecule has 0 unspecified atom stereocenters. The number of halogens is 6. The van der Waals surface area contributed by atoms with E-state index in [0.29, 0.717) is 24.5 Å². The quantitative estimate of drug-likeness (QED) is 0.499. The third-order valence-corrected chi connectivity index (χ3v) is 4.61. The Balaban J connectivity index is 2.15. The van der Waals surface area contributed by atoms with Gasteiger partial charge in [-0.05, 0) is 41.8 Å². The minimum absolute atomic E-state index is 0.124. The lowest BCUT2D eigenvalue weighted by atomic mass is 9.91. The average molecular weight is 448 g/mol. The Kier molecular flexibility index (Phi) is 7.58. The molecule has 2 rings (SSSR count). The van der Waals surface area contributed by atoms with Crippen LogP contribution >= 0.6 is 0 Å². The Morgan fingerprint density at radius 1 is 0.968 bits per heavy atom. The van der Waals surface area contributed by atoms with Crippen molar-refractivity contribution in [1.29, 1.82) is 0 Å². The monoisotopic (exact) mass is 448 g/mol. The first-order valence-electron chi connectivity index (χ1n) is 9.43. The minimum Gasteiger partial charge on any atom is -0.381 e. The molecule has 0 bridgehead atoms. The van der Waals surface area contributed by atoms with E-state index < -0.39 is 35.6 Å². The van der Waals surface area contributed by atoms with Gasteiger partial charge in [-0.3, -0.25) is 4.79 Å². The van der Waals surface area contributed by atoms with Gasteiger partial charge in [-0.1, -0.05) is 31.2 Å². The molecule has 0 saturated heterocycles. The zero-order valence-electron chi connectivity index (χ0n) is 16.6. The van der Waals surface area contributed by atoms with Crippen LogP contribution < -0.4 is 10.6 Å². The number of carbonyl (C=O) groups is 1. The summed E-state index contributed by atoms with van der Waals surface area (Å²) in [6, 6.07) is 8.58. The summed E-state index contributed by atoms with van der Waals surface area (Å²) in [6.07, 6.45) is -9.00. The second kappa shape index (κ2) is 9.59. The first kappa shape index (κ1) is 24.5. The van der Waals surface area contributed by atoms with Crippen LogP contribution in [0.5, 0.6) is 0 Å². The third kappa shape index (κ3) is 6.36. The number of nitrogens with one attached hydrogen (secondary N) is 2. The van der Waals surface area contributed by atoms with Gasteiger partial charge in [-0.15, -0.1) is 0 Å². The number of amides is 1. The Bertz CT molecular complexity index is 881. The van der Waals surface area contributed by atoms with Gasteiger partial charge in [-0.2, -0.15) is 26.3 Å². The molecule has 1 amide bonds. The van der Waals surface area contributed by atoms with Crippen LogP contribution in [0.4, 0.5) is 32.0 Å². The van der Waals surface area contributed by atoms with Crippen molar-refractivity contribution in [3.63, 3.8) is 0 Å². The molecule has 1 atom stereocenters. The zero-order valence-corrected chi connectivity index (χ0v) is 16.6. The lowest BCUT2D eigenvalue weighted by molar-refractivity contribution is -0.260. The number of alkyl halides is 6. The summed E-state index contributed by atoms with van der Waals surface area (Å²) in [5, 5.41) is 15.4. The van der Waals surface area contributed by atoms with E-state index in [2.05, 4.69) is 10.6 Å². The Hall–Kier alpha value is -2.75. The fraction of sp³-hybridized carbons (Fsp3) is 0.381. The van der Waals surface area contributed by atoms with E-state index in [4.69, 9.17) is 0 Å². The van der Waals surface area contributed by atoms with Crippen molar-refractivity contribution in [2.45, 2.75) is 44.3 Å². The first-order valence-corrected chi connectivity index (χ1v) is 9.43. The van der Waals surface area contributed by atoms with Crippen molar-refractivity contribution in [3.8, 4) is 0 Å². The second-order valence-electron chi connectivity index (χ2n) is 7.01. The van der Waals surface area contributed by atoms with Crippen molar-refractivity contribution in [3.05, 3.63) is 65.2 Å². The van der Waals surface area contributed by atoms with E-state index in [9.17, 15) is 36.2 Å². The van der Waals surface area contributed by atoms with Crippen molar-refractivity contribution in [2.75, 3.05) is 11.9 Å². The molecule has 0 aliphatic heterocycles. The average Bonchev–Trinajstić information content (AvgIpc) is 2.70. The maximum atomic E-state index is 13.6. The van der Waals surface area contributed by atoms with E-state index in [0.717, 1.165) is 12.1 Å². The van der Waals surface area contributed by atoms with Crippen molar-refractivity contribution in [2.24, 2.45) is 0 Å². The molecule has 0 aromatic heterocycles. The number of aliphatic hydroxyl groups is 1. The highest BCUT2D eigenvalue weighted by atomic mass is 19.4. The first-order chi connectivity index (χ1) is 14.4. The molecule has 0 spiro atoms.